The van der Waals surface area contributed by atoms with Gasteiger partial charge in [-0.15, -0.1) is 0 Å². The van der Waals surface area contributed by atoms with E-state index in [1.807, 2.05) is 0 Å². The number of hydrogen-bond acceptors (Lipinski definition) is 6. The molecule has 114 valence electrons. The van der Waals surface area contributed by atoms with Gasteiger partial charge in [0, 0.05) is 19.4 Å². The second kappa shape index (κ2) is 7.22. The fraction of sp³-hybridized carbons (Fsp3) is 0.385. The molecular formula is C13H16N2O6. The van der Waals surface area contributed by atoms with E-state index in [1.54, 1.807) is 6.92 Å². The molecule has 0 aliphatic heterocycles. The van der Waals surface area contributed by atoms with Gasteiger partial charge >= 0.3 is 11.7 Å². The van der Waals surface area contributed by atoms with E-state index in [-0.39, 0.29) is 13.0 Å². The molecule has 2 N–H and O–H groups in total. The molecular weight excluding hydrogens is 280 g/mol. The number of nitro benzene ring substituents is 1. The van der Waals surface area contributed by atoms with E-state index in [0.29, 0.717) is 5.56 Å². The third-order valence-electron chi connectivity index (χ3n) is 2.62. The van der Waals surface area contributed by atoms with Crippen LogP contribution in [-0.2, 0) is 20.7 Å². The second-order valence-electron chi connectivity index (χ2n) is 4.29. The van der Waals surface area contributed by atoms with Gasteiger partial charge in [-0.25, -0.2) is 4.79 Å². The van der Waals surface area contributed by atoms with Crippen LogP contribution in [0.2, 0.25) is 0 Å². The molecule has 1 aromatic carbocycles. The topological polar surface area (TPSA) is 119 Å². The van der Waals surface area contributed by atoms with Gasteiger partial charge in [-0.05, 0) is 18.6 Å². The third-order valence-corrected chi connectivity index (χ3v) is 2.62. The van der Waals surface area contributed by atoms with Crippen molar-refractivity contribution in [2.75, 3.05) is 6.61 Å². The van der Waals surface area contributed by atoms with E-state index in [2.05, 4.69) is 5.32 Å². The average Bonchev–Trinajstić information content (AvgIpc) is 2.39. The first-order valence-corrected chi connectivity index (χ1v) is 6.25. The quantitative estimate of drug-likeness (QED) is 0.457. The zero-order valence-electron chi connectivity index (χ0n) is 11.7. The van der Waals surface area contributed by atoms with Gasteiger partial charge < -0.3 is 15.2 Å². The summed E-state index contributed by atoms with van der Waals surface area (Å²) in [6.07, 6.45) is 0.0273. The summed E-state index contributed by atoms with van der Waals surface area (Å²) in [5, 5.41) is 22.6. The van der Waals surface area contributed by atoms with Gasteiger partial charge in [-0.1, -0.05) is 6.07 Å². The fourth-order valence-corrected chi connectivity index (χ4v) is 1.76. The van der Waals surface area contributed by atoms with Crippen molar-refractivity contribution >= 4 is 17.6 Å². The van der Waals surface area contributed by atoms with Crippen molar-refractivity contribution in [3.05, 3.63) is 33.9 Å². The molecule has 0 aromatic heterocycles. The largest absolute Gasteiger partial charge is 0.502 e. The summed E-state index contributed by atoms with van der Waals surface area (Å²) < 4.78 is 4.84. The molecule has 0 aliphatic rings. The molecule has 0 bridgehead atoms. The van der Waals surface area contributed by atoms with Crippen molar-refractivity contribution in [3.8, 4) is 5.75 Å². The highest BCUT2D eigenvalue weighted by atomic mass is 16.6. The predicted octanol–water partition coefficient (Wildman–Crippen LogP) is 0.911. The number of carbonyl (C=O) groups is 2. The van der Waals surface area contributed by atoms with Gasteiger partial charge in [0.05, 0.1) is 11.5 Å². The molecule has 0 spiro atoms. The highest BCUT2D eigenvalue weighted by Gasteiger charge is 2.23. The van der Waals surface area contributed by atoms with Gasteiger partial charge in [0.25, 0.3) is 0 Å². The number of esters is 1. The molecule has 0 radical (unpaired) electrons. The predicted molar refractivity (Wildman–Crippen MR) is 72.7 cm³/mol. The van der Waals surface area contributed by atoms with E-state index in [9.17, 15) is 24.8 Å². The summed E-state index contributed by atoms with van der Waals surface area (Å²) in [5.41, 5.74) is -0.0377. The summed E-state index contributed by atoms with van der Waals surface area (Å²) in [6, 6.07) is 2.83. The lowest BCUT2D eigenvalue weighted by Gasteiger charge is -2.16. The van der Waals surface area contributed by atoms with Crippen molar-refractivity contribution in [1.29, 1.82) is 0 Å². The van der Waals surface area contributed by atoms with Crippen LogP contribution < -0.4 is 5.32 Å². The Morgan fingerprint density at radius 1 is 1.48 bits per heavy atom. The monoisotopic (exact) mass is 296 g/mol. The Morgan fingerprint density at radius 2 is 2.14 bits per heavy atom. The Hall–Kier alpha value is -2.64. The number of nitro groups is 1. The first-order valence-electron chi connectivity index (χ1n) is 6.25. The van der Waals surface area contributed by atoms with Gasteiger partial charge in [-0.2, -0.15) is 0 Å². The number of nitrogens with zero attached hydrogens (tertiary/aromatic N) is 1. The Balaban J connectivity index is 2.97. The molecule has 0 saturated carbocycles. The summed E-state index contributed by atoms with van der Waals surface area (Å²) in [5.74, 6) is -1.50. The maximum Gasteiger partial charge on any atom is 0.328 e. The number of carbonyl (C=O) groups excluding carboxylic acids is 2. The molecule has 1 unspecified atom stereocenters. The summed E-state index contributed by atoms with van der Waals surface area (Å²) in [7, 11) is 0. The second-order valence-corrected chi connectivity index (χ2v) is 4.29. The maximum atomic E-state index is 11.7. The summed E-state index contributed by atoms with van der Waals surface area (Å²) in [6.45, 7) is 3.05. The van der Waals surface area contributed by atoms with Gasteiger partial charge in [0.15, 0.2) is 5.75 Å². The van der Waals surface area contributed by atoms with Gasteiger partial charge in [0.1, 0.15) is 6.04 Å². The SMILES string of the molecule is CCOC(=O)C(Cc1ccc(O)c([N+](=O)[O-])c1)NC(C)=O. The van der Waals surface area contributed by atoms with Crippen LogP contribution in [-0.4, -0.2) is 34.6 Å². The standard InChI is InChI=1S/C13H16N2O6/c1-3-21-13(18)10(14-8(2)16)6-9-4-5-12(17)11(7-9)15(19)20/h4-5,7,10,17H,3,6H2,1-2H3,(H,14,16). The van der Waals surface area contributed by atoms with Gasteiger partial charge in [0.2, 0.25) is 5.91 Å². The Bertz CT molecular complexity index is 558. The Labute approximate surface area is 120 Å². The molecule has 0 fully saturated rings. The Morgan fingerprint density at radius 3 is 2.67 bits per heavy atom. The molecule has 1 aromatic rings. The van der Waals surface area contributed by atoms with E-state index in [4.69, 9.17) is 4.74 Å². The fourth-order valence-electron chi connectivity index (χ4n) is 1.76. The number of nitrogens with one attached hydrogen (secondary N) is 1. The first-order chi connectivity index (χ1) is 9.85. The van der Waals surface area contributed by atoms with E-state index in [1.165, 1.54) is 19.1 Å². The zero-order valence-corrected chi connectivity index (χ0v) is 11.7. The van der Waals surface area contributed by atoms with Crippen LogP contribution in [0.25, 0.3) is 0 Å². The maximum absolute atomic E-state index is 11.7. The minimum absolute atomic E-state index is 0.0273. The lowest BCUT2D eigenvalue weighted by Crippen LogP contribution is -2.42. The van der Waals surface area contributed by atoms with E-state index >= 15 is 0 Å². The Kier molecular flexibility index (Phi) is 5.65. The molecule has 8 nitrogen and oxygen atoms in total. The van der Waals surface area contributed by atoms with Crippen molar-refractivity contribution in [2.45, 2.75) is 26.3 Å². The number of phenolic OH excluding ortho intramolecular Hbond substituents is 1. The number of amides is 1. The number of phenols is 1. The minimum atomic E-state index is -0.938. The minimum Gasteiger partial charge on any atom is -0.502 e. The molecule has 0 saturated heterocycles. The first kappa shape index (κ1) is 16.4. The third kappa shape index (κ3) is 4.75. The highest BCUT2D eigenvalue weighted by Crippen LogP contribution is 2.26. The van der Waals surface area contributed by atoms with Crippen LogP contribution in [0.3, 0.4) is 0 Å². The number of rotatable bonds is 6. The van der Waals surface area contributed by atoms with Crippen LogP contribution in [0.5, 0.6) is 5.75 Å². The molecule has 21 heavy (non-hydrogen) atoms. The lowest BCUT2D eigenvalue weighted by atomic mass is 10.0. The van der Waals surface area contributed by atoms with Crippen LogP contribution in [0.15, 0.2) is 18.2 Å². The molecule has 1 atom stereocenters. The van der Waals surface area contributed by atoms with Crippen LogP contribution in [0.1, 0.15) is 19.4 Å². The number of benzene rings is 1. The summed E-state index contributed by atoms with van der Waals surface area (Å²) in [4.78, 5) is 32.9. The molecule has 1 rings (SSSR count). The molecule has 0 aliphatic carbocycles. The zero-order chi connectivity index (χ0) is 16.0. The smallest absolute Gasteiger partial charge is 0.328 e. The van der Waals surface area contributed by atoms with Gasteiger partial charge in [-0.3, -0.25) is 14.9 Å². The average molecular weight is 296 g/mol. The molecule has 8 heteroatoms. The number of hydrogen-bond donors (Lipinski definition) is 2. The summed E-state index contributed by atoms with van der Waals surface area (Å²) >= 11 is 0. The van der Waals surface area contributed by atoms with Crippen molar-refractivity contribution in [2.24, 2.45) is 0 Å². The van der Waals surface area contributed by atoms with Crippen molar-refractivity contribution < 1.29 is 24.4 Å². The van der Waals surface area contributed by atoms with Crippen LogP contribution in [0.4, 0.5) is 5.69 Å². The van der Waals surface area contributed by atoms with Crippen molar-refractivity contribution in [3.63, 3.8) is 0 Å². The number of aromatic hydroxyl groups is 1. The number of ether oxygens (including phenoxy) is 1. The van der Waals surface area contributed by atoms with Crippen LogP contribution in [0, 0.1) is 10.1 Å². The normalized spacial score (nSPS) is 11.5. The van der Waals surface area contributed by atoms with Crippen LogP contribution >= 0.6 is 0 Å². The lowest BCUT2D eigenvalue weighted by molar-refractivity contribution is -0.385. The van der Waals surface area contributed by atoms with E-state index < -0.39 is 34.3 Å². The van der Waals surface area contributed by atoms with E-state index in [0.717, 1.165) is 6.07 Å². The van der Waals surface area contributed by atoms with Crippen molar-refractivity contribution in [1.82, 2.24) is 5.32 Å². The highest BCUT2D eigenvalue weighted by molar-refractivity contribution is 5.83. The molecule has 1 amide bonds. The molecule has 0 heterocycles.